The van der Waals surface area contributed by atoms with Crippen molar-refractivity contribution in [2.24, 2.45) is 0 Å². The zero-order chi connectivity index (χ0) is 28.4. The maximum Gasteiger partial charge on any atom is 0.335 e. The Balaban J connectivity index is 1.47. The number of carboxylic acid groups (broad SMARTS) is 1. The number of hydrogen-bond acceptors (Lipinski definition) is 4. The molecule has 0 radical (unpaired) electrons. The van der Waals surface area contributed by atoms with Gasteiger partial charge in [0.2, 0.25) is 5.91 Å². The molecule has 0 bridgehead atoms. The van der Waals surface area contributed by atoms with Crippen molar-refractivity contribution in [3.63, 3.8) is 0 Å². The molecule has 3 heterocycles. The second kappa shape index (κ2) is 11.3. The number of pyridine rings is 1. The van der Waals surface area contributed by atoms with Crippen LogP contribution in [0.15, 0.2) is 79.0 Å². The van der Waals surface area contributed by atoms with Gasteiger partial charge in [0.1, 0.15) is 0 Å². The highest BCUT2D eigenvalue weighted by Gasteiger charge is 2.41. The Morgan fingerprint density at radius 3 is 2.48 bits per heavy atom. The minimum Gasteiger partial charge on any atom is -0.478 e. The molecule has 0 spiro atoms. The Bertz CT molecular complexity index is 1570. The van der Waals surface area contributed by atoms with E-state index in [1.165, 1.54) is 0 Å². The van der Waals surface area contributed by atoms with Gasteiger partial charge < -0.3 is 25.2 Å². The van der Waals surface area contributed by atoms with E-state index in [2.05, 4.69) is 31.2 Å². The first-order chi connectivity index (χ1) is 19.2. The summed E-state index contributed by atoms with van der Waals surface area (Å²) in [6.07, 6.45) is 2.03. The van der Waals surface area contributed by atoms with E-state index in [9.17, 15) is 14.7 Å². The summed E-state index contributed by atoms with van der Waals surface area (Å²) in [5, 5.41) is 16.3. The molecule has 1 aliphatic rings. The number of aryl methyl sites for hydroxylation is 2. The van der Waals surface area contributed by atoms with Gasteiger partial charge in [-0.2, -0.15) is 0 Å². The normalized spacial score (nSPS) is 16.6. The van der Waals surface area contributed by atoms with Gasteiger partial charge in [-0.3, -0.25) is 9.78 Å². The lowest BCUT2D eigenvalue weighted by Crippen LogP contribution is -2.32. The molecule has 1 amide bonds. The smallest absolute Gasteiger partial charge is 0.335 e. The van der Waals surface area contributed by atoms with Gasteiger partial charge in [-0.25, -0.2) is 4.79 Å². The predicted octanol–water partition coefficient (Wildman–Crippen LogP) is 5.50. The van der Waals surface area contributed by atoms with Crippen LogP contribution >= 0.6 is 12.2 Å². The number of nitrogens with one attached hydrogen (secondary N) is 2. The van der Waals surface area contributed by atoms with Crippen LogP contribution in [0.2, 0.25) is 0 Å². The van der Waals surface area contributed by atoms with Crippen molar-refractivity contribution in [1.29, 1.82) is 0 Å². The monoisotopic (exact) mass is 553 g/mol. The molecule has 204 valence electrons. The quantitative estimate of drug-likeness (QED) is 0.248. The van der Waals surface area contributed by atoms with Gasteiger partial charge in [0.15, 0.2) is 5.11 Å². The summed E-state index contributed by atoms with van der Waals surface area (Å²) in [5.74, 6) is -1.04. The average molecular weight is 554 g/mol. The van der Waals surface area contributed by atoms with E-state index < -0.39 is 5.97 Å². The van der Waals surface area contributed by atoms with Crippen molar-refractivity contribution in [2.45, 2.75) is 39.3 Å². The number of anilines is 1. The van der Waals surface area contributed by atoms with Gasteiger partial charge in [-0.1, -0.05) is 18.2 Å². The fraction of sp³-hybridized carbons (Fsp3) is 0.226. The first-order valence-corrected chi connectivity index (χ1v) is 13.5. The summed E-state index contributed by atoms with van der Waals surface area (Å²) in [5.41, 5.74) is 6.89. The summed E-state index contributed by atoms with van der Waals surface area (Å²) >= 11 is 5.80. The van der Waals surface area contributed by atoms with Gasteiger partial charge in [0, 0.05) is 41.9 Å². The fourth-order valence-corrected chi connectivity index (χ4v) is 5.72. The molecule has 0 saturated carbocycles. The molecule has 3 N–H and O–H groups in total. The number of carboxylic acids is 1. The highest BCUT2D eigenvalue weighted by atomic mass is 32.1. The lowest BCUT2D eigenvalue weighted by molar-refractivity contribution is -0.116. The van der Waals surface area contributed by atoms with Crippen molar-refractivity contribution >= 4 is 34.9 Å². The first-order valence-electron chi connectivity index (χ1n) is 13.1. The molecule has 1 fully saturated rings. The number of carbonyl (C=O) groups excluding carboxylic acids is 1. The third-order valence-corrected chi connectivity index (χ3v) is 7.59. The highest BCUT2D eigenvalue weighted by Crippen LogP contribution is 2.41. The molecule has 5 rings (SSSR count). The molecular weight excluding hydrogens is 522 g/mol. The van der Waals surface area contributed by atoms with Crippen LogP contribution in [0.1, 0.15) is 57.1 Å². The molecule has 2 aromatic heterocycles. The summed E-state index contributed by atoms with van der Waals surface area (Å²) in [4.78, 5) is 31.0. The standard InChI is InChI=1S/C31H31N5O3S/c1-19-7-6-8-23(17-19)33-27(37)14-16-35-29(28(34-31(35)40)26-9-4-5-15-32-26)25-18-20(2)36(21(25)3)24-12-10-22(11-13-24)30(38)39/h4-13,15,17-18,28-29H,14,16H2,1-3H3,(H,33,37)(H,34,40)(H,38,39)/t28-,29-/m1/s1. The van der Waals surface area contributed by atoms with Crippen molar-refractivity contribution in [1.82, 2.24) is 19.8 Å². The topological polar surface area (TPSA) is 99.5 Å². The second-order valence-corrected chi connectivity index (χ2v) is 10.4. The Kier molecular flexibility index (Phi) is 7.66. The predicted molar refractivity (Wildman–Crippen MR) is 159 cm³/mol. The lowest BCUT2D eigenvalue weighted by Gasteiger charge is -2.28. The number of benzene rings is 2. The molecule has 9 heteroatoms. The van der Waals surface area contributed by atoms with Crippen molar-refractivity contribution in [2.75, 3.05) is 11.9 Å². The first kappa shape index (κ1) is 27.1. The van der Waals surface area contributed by atoms with Crippen molar-refractivity contribution < 1.29 is 14.7 Å². The number of aromatic carboxylic acids is 1. The van der Waals surface area contributed by atoms with Gasteiger partial charge in [0.05, 0.1) is 23.3 Å². The van der Waals surface area contributed by atoms with Gasteiger partial charge in [0.25, 0.3) is 0 Å². The van der Waals surface area contributed by atoms with E-state index in [1.54, 1.807) is 18.3 Å². The Morgan fingerprint density at radius 2 is 1.80 bits per heavy atom. The van der Waals surface area contributed by atoms with Gasteiger partial charge in [-0.15, -0.1) is 0 Å². The maximum atomic E-state index is 12.9. The van der Waals surface area contributed by atoms with Crippen LogP contribution in [0.4, 0.5) is 5.69 Å². The van der Waals surface area contributed by atoms with Crippen LogP contribution in [-0.4, -0.2) is 43.1 Å². The van der Waals surface area contributed by atoms with Crippen LogP contribution in [0, 0.1) is 20.8 Å². The van der Waals surface area contributed by atoms with E-state index in [0.29, 0.717) is 11.7 Å². The van der Waals surface area contributed by atoms with Crippen molar-refractivity contribution in [3.05, 3.63) is 113 Å². The van der Waals surface area contributed by atoms with E-state index in [0.717, 1.165) is 39.6 Å². The van der Waals surface area contributed by atoms with Gasteiger partial charge >= 0.3 is 5.97 Å². The largest absolute Gasteiger partial charge is 0.478 e. The molecule has 2 aromatic carbocycles. The summed E-state index contributed by atoms with van der Waals surface area (Å²) < 4.78 is 2.11. The number of nitrogens with zero attached hydrogens (tertiary/aromatic N) is 3. The average Bonchev–Trinajstić information content (AvgIpc) is 3.42. The van der Waals surface area contributed by atoms with Crippen LogP contribution in [0.25, 0.3) is 5.69 Å². The number of carbonyl (C=O) groups is 2. The third kappa shape index (κ3) is 5.46. The fourth-order valence-electron chi connectivity index (χ4n) is 5.39. The second-order valence-electron chi connectivity index (χ2n) is 10.0. The minimum absolute atomic E-state index is 0.0857. The summed E-state index contributed by atoms with van der Waals surface area (Å²) in [6.45, 7) is 6.49. The Hall–Kier alpha value is -4.50. The number of aromatic nitrogens is 2. The summed E-state index contributed by atoms with van der Waals surface area (Å²) in [7, 11) is 0. The van der Waals surface area contributed by atoms with E-state index in [4.69, 9.17) is 12.2 Å². The van der Waals surface area contributed by atoms with Crippen LogP contribution in [0.5, 0.6) is 0 Å². The highest BCUT2D eigenvalue weighted by molar-refractivity contribution is 7.80. The van der Waals surface area contributed by atoms with E-state index in [-0.39, 0.29) is 30.0 Å². The molecule has 0 unspecified atom stereocenters. The third-order valence-electron chi connectivity index (χ3n) is 7.24. The zero-order valence-electron chi connectivity index (χ0n) is 22.6. The maximum absolute atomic E-state index is 12.9. The van der Waals surface area contributed by atoms with E-state index in [1.807, 2.05) is 75.4 Å². The number of thiocarbonyl (C=S) groups is 1. The van der Waals surface area contributed by atoms with Crippen LogP contribution in [-0.2, 0) is 4.79 Å². The van der Waals surface area contributed by atoms with Crippen molar-refractivity contribution in [3.8, 4) is 5.69 Å². The molecule has 4 aromatic rings. The lowest BCUT2D eigenvalue weighted by atomic mass is 9.96. The number of hydrogen-bond donors (Lipinski definition) is 3. The SMILES string of the molecule is Cc1cccc(NC(=O)CCN2C(=S)N[C@H](c3ccccn3)[C@H]2c2cc(C)n(-c3ccc(C(=O)O)cc3)c2C)c1. The molecule has 1 saturated heterocycles. The molecule has 2 atom stereocenters. The molecule has 40 heavy (non-hydrogen) atoms. The summed E-state index contributed by atoms with van der Waals surface area (Å²) in [6, 6.07) is 22.1. The molecular formula is C31H31N5O3S. The van der Waals surface area contributed by atoms with E-state index >= 15 is 0 Å². The van der Waals surface area contributed by atoms with Crippen LogP contribution in [0.3, 0.4) is 0 Å². The van der Waals surface area contributed by atoms with Crippen LogP contribution < -0.4 is 10.6 Å². The number of amides is 1. The zero-order valence-corrected chi connectivity index (χ0v) is 23.4. The Labute approximate surface area is 238 Å². The minimum atomic E-state index is -0.959. The Morgan fingerprint density at radius 1 is 1.02 bits per heavy atom. The van der Waals surface area contributed by atoms with Gasteiger partial charge in [-0.05, 0) is 98.7 Å². The molecule has 0 aliphatic carbocycles. The molecule has 1 aliphatic heterocycles. The molecule has 8 nitrogen and oxygen atoms in total. The number of rotatable bonds is 8.